The van der Waals surface area contributed by atoms with Gasteiger partial charge in [0.05, 0.1) is 25.4 Å². The molecule has 1 aliphatic rings. The van der Waals surface area contributed by atoms with Gasteiger partial charge in [-0.05, 0) is 79.3 Å². The Bertz CT molecular complexity index is 1470. The van der Waals surface area contributed by atoms with Crippen molar-refractivity contribution in [3.63, 3.8) is 0 Å². The average molecular weight is 528 g/mol. The van der Waals surface area contributed by atoms with E-state index in [1.54, 1.807) is 25.3 Å². The standard InChI is InChI=1S/C31H33N3O5/c1-19-8-9-26(20(2)12-19)30-27-15-29(39-21(3)22-6-5-7-25(35)13-22)28(37-4)14-23(27)10-11-34(30)31(36)32-16-24-17-38-18-33-24/h5-9,12-15,17-18,21,30,35H,10-11,16H2,1-4H3,(H,32,36). The molecule has 1 aliphatic heterocycles. The summed E-state index contributed by atoms with van der Waals surface area (Å²) >= 11 is 0. The van der Waals surface area contributed by atoms with E-state index in [2.05, 4.69) is 42.3 Å². The number of carbonyl (C=O) groups excluding carboxylic acids is 1. The Morgan fingerprint density at radius 2 is 2.00 bits per heavy atom. The number of hydrogen-bond donors (Lipinski definition) is 2. The number of amides is 2. The number of rotatable bonds is 7. The second kappa shape index (κ2) is 11.1. The van der Waals surface area contributed by atoms with Gasteiger partial charge in [0, 0.05) is 6.54 Å². The molecular weight excluding hydrogens is 494 g/mol. The molecule has 0 aliphatic carbocycles. The summed E-state index contributed by atoms with van der Waals surface area (Å²) in [5.41, 5.74) is 6.91. The van der Waals surface area contributed by atoms with Gasteiger partial charge in [-0.15, -0.1) is 0 Å². The van der Waals surface area contributed by atoms with E-state index < -0.39 is 0 Å². The first-order valence-electron chi connectivity index (χ1n) is 13.0. The van der Waals surface area contributed by atoms with Crippen LogP contribution in [-0.2, 0) is 13.0 Å². The first kappa shape index (κ1) is 26.2. The molecule has 5 rings (SSSR count). The maximum absolute atomic E-state index is 13.5. The molecule has 2 unspecified atom stereocenters. The molecule has 0 fully saturated rings. The van der Waals surface area contributed by atoms with E-state index in [-0.39, 0.29) is 30.5 Å². The monoisotopic (exact) mass is 527 g/mol. The number of methoxy groups -OCH3 is 1. The molecule has 2 amide bonds. The number of hydrogen-bond acceptors (Lipinski definition) is 6. The molecule has 39 heavy (non-hydrogen) atoms. The van der Waals surface area contributed by atoms with Gasteiger partial charge in [0.25, 0.3) is 0 Å². The van der Waals surface area contributed by atoms with Gasteiger partial charge >= 0.3 is 6.03 Å². The molecule has 8 nitrogen and oxygen atoms in total. The van der Waals surface area contributed by atoms with Crippen LogP contribution in [0.1, 0.15) is 58.1 Å². The fourth-order valence-corrected chi connectivity index (χ4v) is 5.19. The number of aromatic nitrogens is 1. The highest BCUT2D eigenvalue weighted by molar-refractivity contribution is 5.76. The van der Waals surface area contributed by atoms with Crippen molar-refractivity contribution in [1.29, 1.82) is 0 Å². The van der Waals surface area contributed by atoms with Crippen molar-refractivity contribution in [3.8, 4) is 17.2 Å². The zero-order valence-electron chi connectivity index (χ0n) is 22.6. The summed E-state index contributed by atoms with van der Waals surface area (Å²) in [6, 6.07) is 16.8. The molecule has 2 N–H and O–H groups in total. The third-order valence-electron chi connectivity index (χ3n) is 7.18. The molecular formula is C31H33N3O5. The highest BCUT2D eigenvalue weighted by atomic mass is 16.5. The Kier molecular flexibility index (Phi) is 7.45. The van der Waals surface area contributed by atoms with Gasteiger partial charge in [-0.2, -0.15) is 0 Å². The maximum Gasteiger partial charge on any atom is 0.318 e. The first-order valence-corrected chi connectivity index (χ1v) is 13.0. The number of aryl methyl sites for hydroxylation is 2. The highest BCUT2D eigenvalue weighted by Gasteiger charge is 2.34. The summed E-state index contributed by atoms with van der Waals surface area (Å²) < 4.78 is 17.2. The summed E-state index contributed by atoms with van der Waals surface area (Å²) in [7, 11) is 1.63. The minimum Gasteiger partial charge on any atom is -0.508 e. The summed E-state index contributed by atoms with van der Waals surface area (Å²) in [6.45, 7) is 6.88. The summed E-state index contributed by atoms with van der Waals surface area (Å²) in [4.78, 5) is 19.5. The van der Waals surface area contributed by atoms with Gasteiger partial charge in [0.2, 0.25) is 0 Å². The zero-order chi connectivity index (χ0) is 27.5. The van der Waals surface area contributed by atoms with Crippen molar-refractivity contribution in [2.45, 2.75) is 45.9 Å². The van der Waals surface area contributed by atoms with Crippen LogP contribution in [0.4, 0.5) is 4.79 Å². The molecule has 8 heteroatoms. The molecule has 4 aromatic rings. The topological polar surface area (TPSA) is 97.1 Å². The van der Waals surface area contributed by atoms with E-state index in [9.17, 15) is 9.90 Å². The Balaban J connectivity index is 1.54. The predicted octanol–water partition coefficient (Wildman–Crippen LogP) is 6.00. The number of phenols is 1. The number of ether oxygens (including phenoxy) is 2. The number of carbonyl (C=O) groups is 1. The van der Waals surface area contributed by atoms with Crippen LogP contribution in [-0.4, -0.2) is 34.7 Å². The molecule has 0 radical (unpaired) electrons. The lowest BCUT2D eigenvalue weighted by Gasteiger charge is -2.39. The molecule has 1 aromatic heterocycles. The fraction of sp³-hybridized carbons (Fsp3) is 0.290. The van der Waals surface area contributed by atoms with Gasteiger partial charge in [0.15, 0.2) is 17.9 Å². The Labute approximate surface area is 228 Å². The molecule has 0 saturated heterocycles. The van der Waals surface area contributed by atoms with Gasteiger partial charge in [-0.1, -0.05) is 35.9 Å². The lowest BCUT2D eigenvalue weighted by Crippen LogP contribution is -2.46. The van der Waals surface area contributed by atoms with Gasteiger partial charge < -0.3 is 29.2 Å². The largest absolute Gasteiger partial charge is 0.508 e. The lowest BCUT2D eigenvalue weighted by molar-refractivity contribution is 0.178. The fourth-order valence-electron chi connectivity index (χ4n) is 5.19. The number of benzene rings is 3. The first-order chi connectivity index (χ1) is 18.8. The number of aromatic hydroxyl groups is 1. The number of oxazole rings is 1. The highest BCUT2D eigenvalue weighted by Crippen LogP contribution is 2.43. The third kappa shape index (κ3) is 5.55. The number of fused-ring (bicyclic) bond motifs is 1. The molecule has 0 spiro atoms. The smallest absolute Gasteiger partial charge is 0.318 e. The van der Waals surface area contributed by atoms with Crippen molar-refractivity contribution < 1.29 is 23.8 Å². The minimum atomic E-state index is -0.339. The predicted molar refractivity (Wildman–Crippen MR) is 147 cm³/mol. The van der Waals surface area contributed by atoms with Crippen LogP contribution in [0.15, 0.2) is 71.7 Å². The molecule has 2 atom stereocenters. The number of nitrogens with zero attached hydrogens (tertiary/aromatic N) is 2. The summed E-state index contributed by atoms with van der Waals surface area (Å²) in [5, 5.41) is 12.9. The molecule has 202 valence electrons. The zero-order valence-corrected chi connectivity index (χ0v) is 22.6. The van der Waals surface area contributed by atoms with Crippen molar-refractivity contribution in [1.82, 2.24) is 15.2 Å². The quantitative estimate of drug-likeness (QED) is 0.306. The second-order valence-corrected chi connectivity index (χ2v) is 9.90. The van der Waals surface area contributed by atoms with Crippen LogP contribution in [0.3, 0.4) is 0 Å². The van der Waals surface area contributed by atoms with Crippen LogP contribution in [0.2, 0.25) is 0 Å². The minimum absolute atomic E-state index is 0.181. The maximum atomic E-state index is 13.5. The lowest BCUT2D eigenvalue weighted by atomic mass is 9.85. The van der Waals surface area contributed by atoms with Crippen molar-refractivity contribution in [2.24, 2.45) is 0 Å². The van der Waals surface area contributed by atoms with E-state index in [1.807, 2.05) is 30.0 Å². The average Bonchev–Trinajstić information content (AvgIpc) is 3.45. The van der Waals surface area contributed by atoms with Crippen LogP contribution in [0, 0.1) is 13.8 Å². The summed E-state index contributed by atoms with van der Waals surface area (Å²) in [5.74, 6) is 1.39. The van der Waals surface area contributed by atoms with Crippen LogP contribution >= 0.6 is 0 Å². The molecule has 0 bridgehead atoms. The van der Waals surface area contributed by atoms with Crippen LogP contribution < -0.4 is 14.8 Å². The number of nitrogens with one attached hydrogen (secondary N) is 1. The van der Waals surface area contributed by atoms with E-state index in [1.165, 1.54) is 12.7 Å². The van der Waals surface area contributed by atoms with Crippen molar-refractivity contribution in [2.75, 3.05) is 13.7 Å². The van der Waals surface area contributed by atoms with Crippen molar-refractivity contribution >= 4 is 6.03 Å². The molecule has 3 aromatic carbocycles. The van der Waals surface area contributed by atoms with Gasteiger partial charge in [-0.3, -0.25) is 0 Å². The Morgan fingerprint density at radius 3 is 2.72 bits per heavy atom. The van der Waals surface area contributed by atoms with Crippen LogP contribution in [0.25, 0.3) is 0 Å². The van der Waals surface area contributed by atoms with Gasteiger partial charge in [0.1, 0.15) is 18.1 Å². The molecule has 0 saturated carbocycles. The van der Waals surface area contributed by atoms with Crippen molar-refractivity contribution in [3.05, 3.63) is 106 Å². The Morgan fingerprint density at radius 1 is 1.15 bits per heavy atom. The van der Waals surface area contributed by atoms with Crippen LogP contribution in [0.5, 0.6) is 17.2 Å². The Hall–Kier alpha value is -4.46. The van der Waals surface area contributed by atoms with E-state index >= 15 is 0 Å². The second-order valence-electron chi connectivity index (χ2n) is 9.90. The van der Waals surface area contributed by atoms with E-state index in [0.717, 1.165) is 33.4 Å². The van der Waals surface area contributed by atoms with E-state index in [4.69, 9.17) is 13.9 Å². The summed E-state index contributed by atoms with van der Waals surface area (Å²) in [6.07, 6.45) is 3.21. The third-order valence-corrected chi connectivity index (χ3v) is 7.18. The molecule has 2 heterocycles. The number of urea groups is 1. The number of phenolic OH excluding ortho intramolecular Hbond substituents is 1. The SMILES string of the molecule is COc1cc2c(cc1OC(C)c1cccc(O)c1)C(c1ccc(C)cc1C)N(C(=O)NCc1cocn1)CC2. The van der Waals surface area contributed by atoms with Gasteiger partial charge in [-0.25, -0.2) is 9.78 Å². The normalized spacial score (nSPS) is 15.4. The van der Waals surface area contributed by atoms with E-state index in [0.29, 0.717) is 30.2 Å².